The molecule has 0 aliphatic rings. The molecule has 0 spiro atoms. The zero-order valence-corrected chi connectivity index (χ0v) is 15.6. The van der Waals surface area contributed by atoms with Crippen molar-refractivity contribution in [3.05, 3.63) is 70.8 Å². The van der Waals surface area contributed by atoms with Crippen LogP contribution in [-0.2, 0) is 9.36 Å². The molecule has 3 N–H and O–H groups in total. The molecule has 2 aromatic heterocycles. The van der Waals surface area contributed by atoms with E-state index in [4.69, 9.17) is 4.89 Å². The molecule has 2 unspecified atom stereocenters. The van der Waals surface area contributed by atoms with Crippen LogP contribution in [0.25, 0.3) is 11.5 Å². The number of pyridine rings is 1. The Morgan fingerprint density at radius 2 is 1.96 bits per heavy atom. The lowest BCUT2D eigenvalue weighted by Crippen LogP contribution is -2.24. The SMILES string of the molecule is CC(C(=O)Nc1cnc(-c2ccccn2)[nH]c1=O)c1ccc(O[P+](=O)O)cc1. The first-order valence-electron chi connectivity index (χ1n) is 8.19. The Morgan fingerprint density at radius 1 is 1.21 bits per heavy atom. The van der Waals surface area contributed by atoms with Gasteiger partial charge in [-0.1, -0.05) is 18.2 Å². The van der Waals surface area contributed by atoms with Gasteiger partial charge in [0.05, 0.1) is 12.1 Å². The van der Waals surface area contributed by atoms with Crippen LogP contribution in [0.1, 0.15) is 18.4 Å². The van der Waals surface area contributed by atoms with E-state index in [9.17, 15) is 14.2 Å². The van der Waals surface area contributed by atoms with Gasteiger partial charge >= 0.3 is 8.25 Å². The van der Waals surface area contributed by atoms with Gasteiger partial charge in [0, 0.05) is 10.8 Å². The summed E-state index contributed by atoms with van der Waals surface area (Å²) in [5.41, 5.74) is 0.686. The molecule has 0 saturated carbocycles. The van der Waals surface area contributed by atoms with Gasteiger partial charge in [-0.05, 0) is 36.8 Å². The van der Waals surface area contributed by atoms with Crippen LogP contribution in [0.3, 0.4) is 0 Å². The van der Waals surface area contributed by atoms with Crippen LogP contribution in [0.15, 0.2) is 59.7 Å². The summed E-state index contributed by atoms with van der Waals surface area (Å²) in [6, 6.07) is 11.4. The summed E-state index contributed by atoms with van der Waals surface area (Å²) in [5.74, 6) is -0.466. The Bertz CT molecular complexity index is 1050. The molecule has 0 bridgehead atoms. The van der Waals surface area contributed by atoms with Gasteiger partial charge in [-0.2, -0.15) is 0 Å². The first-order valence-corrected chi connectivity index (χ1v) is 9.32. The largest absolute Gasteiger partial charge is 0.747 e. The van der Waals surface area contributed by atoms with Crippen molar-refractivity contribution in [1.29, 1.82) is 0 Å². The van der Waals surface area contributed by atoms with E-state index in [1.165, 1.54) is 18.3 Å². The minimum Gasteiger partial charge on any atom is -0.320 e. The average molecular weight is 399 g/mol. The predicted octanol–water partition coefficient (Wildman–Crippen LogP) is 2.60. The second-order valence-electron chi connectivity index (χ2n) is 5.80. The number of amides is 1. The van der Waals surface area contributed by atoms with E-state index in [1.807, 2.05) is 0 Å². The van der Waals surface area contributed by atoms with Gasteiger partial charge in [-0.25, -0.2) is 9.51 Å². The van der Waals surface area contributed by atoms with E-state index in [-0.39, 0.29) is 11.4 Å². The number of nitrogens with zero attached hydrogens (tertiary/aromatic N) is 2. The van der Waals surface area contributed by atoms with Crippen molar-refractivity contribution in [1.82, 2.24) is 15.0 Å². The highest BCUT2D eigenvalue weighted by Crippen LogP contribution is 2.25. The van der Waals surface area contributed by atoms with Crippen LogP contribution in [-0.4, -0.2) is 25.8 Å². The van der Waals surface area contributed by atoms with Gasteiger partial charge < -0.3 is 10.3 Å². The Labute approximate surface area is 160 Å². The number of hydrogen-bond donors (Lipinski definition) is 3. The second-order valence-corrected chi connectivity index (χ2v) is 6.46. The Kier molecular flexibility index (Phi) is 5.88. The maximum atomic E-state index is 12.5. The Hall–Kier alpha value is -3.42. The molecule has 2 heterocycles. The number of nitrogens with one attached hydrogen (secondary N) is 2. The number of benzene rings is 1. The fourth-order valence-corrected chi connectivity index (χ4v) is 2.72. The molecule has 2 atom stereocenters. The number of hydrogen-bond acceptors (Lipinski definition) is 6. The standard InChI is InChI=1S/C18H15N4O5P/c1-11(12-5-7-13(8-6-12)27-28(25)26)17(23)21-15-10-20-16(22-18(15)24)14-4-2-3-9-19-14/h2-11H,1H3,(H2-,19,20,21,22,23,24,25,26)/p+1. The normalized spacial score (nSPS) is 12.1. The van der Waals surface area contributed by atoms with Crippen LogP contribution >= 0.6 is 8.25 Å². The lowest BCUT2D eigenvalue weighted by Gasteiger charge is -2.12. The van der Waals surface area contributed by atoms with Crippen molar-refractivity contribution in [2.75, 3.05) is 5.32 Å². The van der Waals surface area contributed by atoms with Crippen molar-refractivity contribution in [3.63, 3.8) is 0 Å². The number of aromatic amines is 1. The van der Waals surface area contributed by atoms with E-state index >= 15 is 0 Å². The number of carbonyl (C=O) groups is 1. The quantitative estimate of drug-likeness (QED) is 0.542. The van der Waals surface area contributed by atoms with Crippen molar-refractivity contribution in [2.24, 2.45) is 0 Å². The lowest BCUT2D eigenvalue weighted by molar-refractivity contribution is -0.117. The van der Waals surface area contributed by atoms with Gasteiger partial charge in [0.2, 0.25) is 5.91 Å². The molecule has 28 heavy (non-hydrogen) atoms. The average Bonchev–Trinajstić information content (AvgIpc) is 2.69. The van der Waals surface area contributed by atoms with Gasteiger partial charge in [-0.15, -0.1) is 4.89 Å². The first-order chi connectivity index (χ1) is 13.4. The minimum atomic E-state index is -2.75. The molecule has 1 amide bonds. The van der Waals surface area contributed by atoms with Crippen molar-refractivity contribution < 1.29 is 18.8 Å². The summed E-state index contributed by atoms with van der Waals surface area (Å²) in [7, 11) is -2.75. The molecule has 9 nitrogen and oxygen atoms in total. The van der Waals surface area contributed by atoms with E-state index < -0.39 is 25.6 Å². The number of anilines is 1. The summed E-state index contributed by atoms with van der Waals surface area (Å²) >= 11 is 0. The van der Waals surface area contributed by atoms with E-state index in [1.54, 1.807) is 43.5 Å². The predicted molar refractivity (Wildman–Crippen MR) is 102 cm³/mol. The molecule has 142 valence electrons. The Morgan fingerprint density at radius 3 is 2.57 bits per heavy atom. The van der Waals surface area contributed by atoms with Crippen LogP contribution in [0.5, 0.6) is 5.75 Å². The molecular formula is C18H16N4O5P+. The van der Waals surface area contributed by atoms with Crippen molar-refractivity contribution in [3.8, 4) is 17.3 Å². The third-order valence-electron chi connectivity index (χ3n) is 3.92. The summed E-state index contributed by atoms with van der Waals surface area (Å²) < 4.78 is 15.3. The number of rotatable bonds is 6. The molecule has 0 aliphatic heterocycles. The topological polar surface area (TPSA) is 134 Å². The second kappa shape index (κ2) is 8.51. The fraction of sp³-hybridized carbons (Fsp3) is 0.111. The zero-order chi connectivity index (χ0) is 20.1. The maximum absolute atomic E-state index is 12.5. The molecule has 10 heteroatoms. The number of H-pyrrole nitrogens is 1. The highest BCUT2D eigenvalue weighted by atomic mass is 31.1. The summed E-state index contributed by atoms with van der Waals surface area (Å²) in [6.45, 7) is 1.67. The molecule has 3 rings (SSSR count). The molecule has 0 radical (unpaired) electrons. The molecule has 3 aromatic rings. The fourth-order valence-electron chi connectivity index (χ4n) is 2.42. The number of carbonyl (C=O) groups excluding carboxylic acids is 1. The van der Waals surface area contributed by atoms with Crippen LogP contribution in [0, 0.1) is 0 Å². The maximum Gasteiger partial charge on any atom is 0.747 e. The Balaban J connectivity index is 1.72. The monoisotopic (exact) mass is 399 g/mol. The van der Waals surface area contributed by atoms with Gasteiger partial charge in [0.1, 0.15) is 11.4 Å². The number of aromatic nitrogens is 3. The summed E-state index contributed by atoms with van der Waals surface area (Å²) in [5, 5.41) is 2.55. The van der Waals surface area contributed by atoms with E-state index in [2.05, 4.69) is 24.8 Å². The van der Waals surface area contributed by atoms with Crippen molar-refractivity contribution in [2.45, 2.75) is 12.8 Å². The molecule has 0 saturated heterocycles. The van der Waals surface area contributed by atoms with Crippen LogP contribution < -0.4 is 15.4 Å². The van der Waals surface area contributed by atoms with Gasteiger partial charge in [0.25, 0.3) is 5.56 Å². The smallest absolute Gasteiger partial charge is 0.320 e. The first kappa shape index (κ1) is 19.3. The molecule has 0 aliphatic carbocycles. The van der Waals surface area contributed by atoms with E-state index in [0.29, 0.717) is 17.1 Å². The van der Waals surface area contributed by atoms with Gasteiger partial charge in [-0.3, -0.25) is 14.6 Å². The van der Waals surface area contributed by atoms with Crippen LogP contribution in [0.2, 0.25) is 0 Å². The minimum absolute atomic E-state index is 0.0220. The van der Waals surface area contributed by atoms with Gasteiger partial charge in [0.15, 0.2) is 11.6 Å². The molecule has 1 aromatic carbocycles. The molecular weight excluding hydrogens is 383 g/mol. The summed E-state index contributed by atoms with van der Waals surface area (Å²) in [6.07, 6.45) is 2.87. The highest BCUT2D eigenvalue weighted by Gasteiger charge is 2.19. The third kappa shape index (κ3) is 4.64. The zero-order valence-electron chi connectivity index (χ0n) is 14.7. The van der Waals surface area contributed by atoms with Crippen molar-refractivity contribution >= 4 is 19.8 Å². The van der Waals surface area contributed by atoms with Crippen LogP contribution in [0.4, 0.5) is 5.69 Å². The van der Waals surface area contributed by atoms with E-state index in [0.717, 1.165) is 0 Å². The molecule has 0 fully saturated rings. The third-order valence-corrected chi connectivity index (χ3v) is 4.29. The highest BCUT2D eigenvalue weighted by molar-refractivity contribution is 7.32. The lowest BCUT2D eigenvalue weighted by atomic mass is 10.0. The summed E-state index contributed by atoms with van der Waals surface area (Å²) in [4.78, 5) is 44.3.